The zero-order chi connectivity index (χ0) is 20.9. The molecule has 1 aromatic heterocycles. The fourth-order valence-corrected chi connectivity index (χ4v) is 4.00. The zero-order valence-corrected chi connectivity index (χ0v) is 17.4. The third-order valence-electron chi connectivity index (χ3n) is 4.52. The third kappa shape index (κ3) is 4.69. The molecule has 0 saturated carbocycles. The zero-order valence-electron chi connectivity index (χ0n) is 15.8. The predicted octanol–water partition coefficient (Wildman–Crippen LogP) is 5.85. The second kappa shape index (κ2) is 9.11. The first-order valence-electron chi connectivity index (χ1n) is 9.19. The maximum absolute atomic E-state index is 10.8. The molecule has 150 valence electrons. The SMILES string of the molecule is O=[N+]([O-])c1ccc(CSc2nnc(-c3ccc(Cl)cc3)n2Cc2ccccc2)cc1. The largest absolute Gasteiger partial charge is 0.298 e. The number of hydrogen-bond acceptors (Lipinski definition) is 5. The van der Waals surface area contributed by atoms with Crippen LogP contribution in [0.2, 0.25) is 5.02 Å². The van der Waals surface area contributed by atoms with E-state index in [9.17, 15) is 10.1 Å². The number of nitro benzene ring substituents is 1. The minimum absolute atomic E-state index is 0.0843. The summed E-state index contributed by atoms with van der Waals surface area (Å²) in [5.41, 5.74) is 3.14. The van der Waals surface area contributed by atoms with E-state index in [2.05, 4.69) is 26.9 Å². The molecule has 0 bridgehead atoms. The maximum atomic E-state index is 10.8. The highest BCUT2D eigenvalue weighted by atomic mass is 35.5. The smallest absolute Gasteiger partial charge is 0.269 e. The summed E-state index contributed by atoms with van der Waals surface area (Å²) >= 11 is 7.58. The summed E-state index contributed by atoms with van der Waals surface area (Å²) in [5.74, 6) is 1.40. The van der Waals surface area contributed by atoms with Crippen molar-refractivity contribution in [2.24, 2.45) is 0 Å². The van der Waals surface area contributed by atoms with Crippen LogP contribution >= 0.6 is 23.4 Å². The van der Waals surface area contributed by atoms with Crippen molar-refractivity contribution < 1.29 is 4.92 Å². The van der Waals surface area contributed by atoms with Gasteiger partial charge in [-0.15, -0.1) is 10.2 Å². The lowest BCUT2D eigenvalue weighted by molar-refractivity contribution is -0.384. The summed E-state index contributed by atoms with van der Waals surface area (Å²) in [6.07, 6.45) is 0. The van der Waals surface area contributed by atoms with E-state index in [0.29, 0.717) is 17.3 Å². The molecule has 6 nitrogen and oxygen atoms in total. The molecule has 4 aromatic rings. The fourth-order valence-electron chi connectivity index (χ4n) is 2.98. The molecule has 30 heavy (non-hydrogen) atoms. The Morgan fingerprint density at radius 2 is 1.60 bits per heavy atom. The van der Waals surface area contributed by atoms with Crippen molar-refractivity contribution in [3.05, 3.63) is 105 Å². The van der Waals surface area contributed by atoms with Crippen LogP contribution in [0.3, 0.4) is 0 Å². The maximum Gasteiger partial charge on any atom is 0.269 e. The minimum atomic E-state index is -0.397. The highest BCUT2D eigenvalue weighted by molar-refractivity contribution is 7.98. The van der Waals surface area contributed by atoms with Crippen molar-refractivity contribution in [1.82, 2.24) is 14.8 Å². The van der Waals surface area contributed by atoms with Crippen molar-refractivity contribution in [2.45, 2.75) is 17.5 Å². The van der Waals surface area contributed by atoms with Gasteiger partial charge in [0.15, 0.2) is 11.0 Å². The van der Waals surface area contributed by atoms with E-state index in [-0.39, 0.29) is 5.69 Å². The number of thioether (sulfide) groups is 1. The highest BCUT2D eigenvalue weighted by Gasteiger charge is 2.15. The Morgan fingerprint density at radius 1 is 0.900 bits per heavy atom. The summed E-state index contributed by atoms with van der Waals surface area (Å²) in [5, 5.41) is 21.1. The van der Waals surface area contributed by atoms with E-state index in [1.165, 1.54) is 12.1 Å². The molecule has 8 heteroatoms. The Morgan fingerprint density at radius 3 is 2.27 bits per heavy atom. The van der Waals surface area contributed by atoms with Crippen LogP contribution < -0.4 is 0 Å². The van der Waals surface area contributed by atoms with Crippen molar-refractivity contribution in [3.63, 3.8) is 0 Å². The Hall–Kier alpha value is -3.16. The molecule has 3 aromatic carbocycles. The first-order valence-corrected chi connectivity index (χ1v) is 10.6. The molecule has 0 spiro atoms. The van der Waals surface area contributed by atoms with Gasteiger partial charge >= 0.3 is 0 Å². The number of hydrogen-bond donors (Lipinski definition) is 0. The Bertz CT molecular complexity index is 1150. The van der Waals surface area contributed by atoms with Gasteiger partial charge in [-0.25, -0.2) is 0 Å². The lowest BCUT2D eigenvalue weighted by Crippen LogP contribution is -2.04. The molecule has 0 unspecified atom stereocenters. The van der Waals surface area contributed by atoms with Crippen molar-refractivity contribution >= 4 is 29.1 Å². The first kappa shape index (κ1) is 20.1. The number of nitrogens with zero attached hydrogens (tertiary/aromatic N) is 4. The summed E-state index contributed by atoms with van der Waals surface area (Å²) in [4.78, 5) is 10.4. The summed E-state index contributed by atoms with van der Waals surface area (Å²) in [7, 11) is 0. The van der Waals surface area contributed by atoms with E-state index in [0.717, 1.165) is 27.7 Å². The molecule has 0 amide bonds. The molecular weight excluding hydrogens is 420 g/mol. The molecule has 0 fully saturated rings. The monoisotopic (exact) mass is 436 g/mol. The highest BCUT2D eigenvalue weighted by Crippen LogP contribution is 2.28. The van der Waals surface area contributed by atoms with Gasteiger partial charge in [0.2, 0.25) is 0 Å². The molecule has 0 saturated heterocycles. The molecular formula is C22H17ClN4O2S. The Balaban J connectivity index is 1.61. The minimum Gasteiger partial charge on any atom is -0.298 e. The lowest BCUT2D eigenvalue weighted by Gasteiger charge is -2.11. The molecule has 0 aliphatic heterocycles. The second-order valence-corrected chi connectivity index (χ2v) is 7.98. The van der Waals surface area contributed by atoms with Gasteiger partial charge < -0.3 is 0 Å². The van der Waals surface area contributed by atoms with Crippen LogP contribution in [0.5, 0.6) is 0 Å². The average molecular weight is 437 g/mol. The van der Waals surface area contributed by atoms with Gasteiger partial charge in [-0.05, 0) is 35.4 Å². The standard InChI is InChI=1S/C22H17ClN4O2S/c23-19-10-8-18(9-11-19)21-24-25-22(26(21)14-16-4-2-1-3-5-16)30-15-17-6-12-20(13-7-17)27(28)29/h1-13H,14-15H2. The average Bonchev–Trinajstić information content (AvgIpc) is 3.16. The number of non-ortho nitro benzene ring substituents is 1. The normalized spacial score (nSPS) is 10.8. The van der Waals surface area contributed by atoms with E-state index in [1.807, 2.05) is 42.5 Å². The van der Waals surface area contributed by atoms with Gasteiger partial charge in [0.05, 0.1) is 11.5 Å². The van der Waals surface area contributed by atoms with Gasteiger partial charge in [-0.2, -0.15) is 0 Å². The van der Waals surface area contributed by atoms with Gasteiger partial charge in [0, 0.05) is 28.5 Å². The Kier molecular flexibility index (Phi) is 6.11. The summed E-state index contributed by atoms with van der Waals surface area (Å²) < 4.78 is 2.08. The van der Waals surface area contributed by atoms with Crippen molar-refractivity contribution in [1.29, 1.82) is 0 Å². The van der Waals surface area contributed by atoms with Gasteiger partial charge in [0.25, 0.3) is 5.69 Å². The number of aromatic nitrogens is 3. The molecule has 0 N–H and O–H groups in total. The molecule has 0 atom stereocenters. The van der Waals surface area contributed by atoms with Crippen LogP contribution in [0, 0.1) is 10.1 Å². The topological polar surface area (TPSA) is 73.8 Å². The van der Waals surface area contributed by atoms with Crippen LogP contribution in [-0.2, 0) is 12.3 Å². The van der Waals surface area contributed by atoms with Crippen molar-refractivity contribution in [3.8, 4) is 11.4 Å². The Labute approximate surface area is 182 Å². The number of rotatable bonds is 7. The van der Waals surface area contributed by atoms with Crippen LogP contribution in [0.15, 0.2) is 84.0 Å². The predicted molar refractivity (Wildman–Crippen MR) is 119 cm³/mol. The van der Waals surface area contributed by atoms with E-state index < -0.39 is 4.92 Å². The van der Waals surface area contributed by atoms with Gasteiger partial charge in [-0.1, -0.05) is 65.8 Å². The van der Waals surface area contributed by atoms with Crippen molar-refractivity contribution in [2.75, 3.05) is 0 Å². The molecule has 0 aliphatic carbocycles. The van der Waals surface area contributed by atoms with E-state index in [1.54, 1.807) is 23.9 Å². The number of halogens is 1. The van der Waals surface area contributed by atoms with Crippen LogP contribution in [-0.4, -0.2) is 19.7 Å². The van der Waals surface area contributed by atoms with E-state index >= 15 is 0 Å². The lowest BCUT2D eigenvalue weighted by atomic mass is 10.2. The van der Waals surface area contributed by atoms with Crippen LogP contribution in [0.4, 0.5) is 5.69 Å². The molecule has 0 radical (unpaired) electrons. The third-order valence-corrected chi connectivity index (χ3v) is 5.81. The van der Waals surface area contributed by atoms with Crippen LogP contribution in [0.1, 0.15) is 11.1 Å². The van der Waals surface area contributed by atoms with E-state index in [4.69, 9.17) is 11.6 Å². The second-order valence-electron chi connectivity index (χ2n) is 6.60. The van der Waals surface area contributed by atoms with Gasteiger partial charge in [-0.3, -0.25) is 14.7 Å². The fraction of sp³-hybridized carbons (Fsp3) is 0.0909. The quantitative estimate of drug-likeness (QED) is 0.206. The summed E-state index contributed by atoms with van der Waals surface area (Å²) in [6.45, 7) is 0.633. The number of benzene rings is 3. The molecule has 0 aliphatic rings. The molecule has 1 heterocycles. The summed E-state index contributed by atoms with van der Waals surface area (Å²) in [6, 6.07) is 24.2. The number of nitro groups is 1. The first-order chi connectivity index (χ1) is 14.6. The molecule has 4 rings (SSSR count). The van der Waals surface area contributed by atoms with Gasteiger partial charge in [0.1, 0.15) is 0 Å². The van der Waals surface area contributed by atoms with Crippen LogP contribution in [0.25, 0.3) is 11.4 Å².